The topological polar surface area (TPSA) is 244 Å². The second-order valence-electron chi connectivity index (χ2n) is 21.2. The van der Waals surface area contributed by atoms with Crippen LogP contribution in [0.3, 0.4) is 0 Å². The summed E-state index contributed by atoms with van der Waals surface area (Å²) >= 11 is 15.8. The molecule has 2 atom stereocenters. The summed E-state index contributed by atoms with van der Waals surface area (Å²) in [6.07, 6.45) is 0.884. The highest BCUT2D eigenvalue weighted by molar-refractivity contribution is 7.15. The Hall–Kier alpha value is -5.71. The molecular weight excluding hydrogens is 1200 g/mol. The Morgan fingerprint density at radius 1 is 0.517 bits per heavy atom. The van der Waals surface area contributed by atoms with Crippen LogP contribution in [0.5, 0.6) is 0 Å². The first kappa shape index (κ1) is 67.2. The highest BCUT2D eigenvalue weighted by Gasteiger charge is 2.35. The van der Waals surface area contributed by atoms with Gasteiger partial charge in [0.2, 0.25) is 11.8 Å². The highest BCUT2D eigenvalue weighted by atomic mass is 35.5. The summed E-state index contributed by atoms with van der Waals surface area (Å²) in [5, 5.41) is 26.9. The maximum Gasteiger partial charge on any atom is 0.222 e. The van der Waals surface area contributed by atoms with Crippen molar-refractivity contribution in [2.45, 2.75) is 73.4 Å². The van der Waals surface area contributed by atoms with Gasteiger partial charge in [0.1, 0.15) is 46.6 Å². The standard InChI is InChI=1S/C61H78Cl2N10O12S2/c1-39-41(3)86-59-53(39)55(45-8-12-47(62)13-9-45)66-49(57-70-68-43(5)72(57)59)34-51(75)64-16-19-77-22-24-79-26-28-81-30-32-84-37-61(7,36-83-21-18-74)38-85-33-31-82-29-27-80-25-23-78-20-17-65-52(76)35-50-58-71-69-44(6)73(58)60-54(40(2)42(4)87-60)56(67-50)46-10-14-48(63)15-11-46/h8-15,18,49-50H,16-17,19-38H2,1-7H3,(H,64,75)(H,65,76)/t49-,50-/m0/s1. The van der Waals surface area contributed by atoms with Crippen LogP contribution in [0.1, 0.15) is 98.3 Å². The van der Waals surface area contributed by atoms with Gasteiger partial charge < -0.3 is 58.1 Å². The predicted molar refractivity (Wildman–Crippen MR) is 333 cm³/mol. The van der Waals surface area contributed by atoms with Gasteiger partial charge >= 0.3 is 0 Å². The van der Waals surface area contributed by atoms with Gasteiger partial charge in [-0.1, -0.05) is 54.4 Å². The smallest absolute Gasteiger partial charge is 0.222 e. The van der Waals surface area contributed by atoms with E-state index in [2.05, 4.69) is 58.7 Å². The molecule has 2 N–H and O–H groups in total. The van der Waals surface area contributed by atoms with Crippen molar-refractivity contribution in [2.75, 3.05) is 132 Å². The number of amides is 2. The number of aromatic nitrogens is 6. The molecule has 0 fully saturated rings. The molecule has 0 spiro atoms. The number of hydrogen-bond donors (Lipinski definition) is 2. The molecule has 0 bridgehead atoms. The Kier molecular flexibility index (Phi) is 26.1. The van der Waals surface area contributed by atoms with E-state index in [0.29, 0.717) is 147 Å². The molecule has 26 heteroatoms. The van der Waals surface area contributed by atoms with Gasteiger partial charge in [-0.05, 0) is 76.9 Å². The van der Waals surface area contributed by atoms with Gasteiger partial charge in [-0.2, -0.15) is 0 Å². The monoisotopic (exact) mass is 1280 g/mol. The lowest BCUT2D eigenvalue weighted by Crippen LogP contribution is -2.35. The van der Waals surface area contributed by atoms with Crippen LogP contribution < -0.4 is 10.6 Å². The second-order valence-corrected chi connectivity index (χ2v) is 24.5. The number of aldehydes is 1. The number of aryl methyl sites for hydroxylation is 4. The summed E-state index contributed by atoms with van der Waals surface area (Å²) in [6.45, 7) is 20.7. The molecule has 4 aromatic heterocycles. The summed E-state index contributed by atoms with van der Waals surface area (Å²) in [6, 6.07) is 14.1. The Labute approximate surface area is 525 Å². The number of aliphatic imine (C=N–C) groups is 2. The van der Waals surface area contributed by atoms with E-state index in [0.717, 1.165) is 66.5 Å². The van der Waals surface area contributed by atoms with Gasteiger partial charge in [0.15, 0.2) is 11.6 Å². The number of hydrogen-bond acceptors (Lipinski definition) is 20. The summed E-state index contributed by atoms with van der Waals surface area (Å²) < 4.78 is 55.6. The molecule has 0 saturated heterocycles. The van der Waals surface area contributed by atoms with Crippen molar-refractivity contribution in [3.8, 4) is 10.0 Å². The highest BCUT2D eigenvalue weighted by Crippen LogP contribution is 2.41. The lowest BCUT2D eigenvalue weighted by Gasteiger charge is -2.28. The average molecular weight is 1280 g/mol. The first-order valence-corrected chi connectivity index (χ1v) is 31.4. The zero-order valence-electron chi connectivity index (χ0n) is 50.5. The van der Waals surface area contributed by atoms with Crippen molar-refractivity contribution in [3.63, 3.8) is 0 Å². The number of nitrogens with one attached hydrogen (secondary N) is 2. The van der Waals surface area contributed by atoms with E-state index in [1.807, 2.05) is 78.4 Å². The molecule has 0 radical (unpaired) electrons. The number of rotatable bonds is 38. The number of carbonyl (C=O) groups excluding carboxylic acids is 3. The van der Waals surface area contributed by atoms with Crippen molar-refractivity contribution in [2.24, 2.45) is 15.4 Å². The molecule has 0 unspecified atom stereocenters. The van der Waals surface area contributed by atoms with Crippen LogP contribution >= 0.6 is 45.9 Å². The lowest BCUT2D eigenvalue weighted by molar-refractivity contribution is -0.122. The first-order valence-electron chi connectivity index (χ1n) is 29.1. The molecular formula is C61H78Cl2N10O12S2. The number of ether oxygens (including phenoxy) is 9. The molecule has 2 aliphatic heterocycles. The Balaban J connectivity index is 0.619. The number of carbonyl (C=O) groups is 3. The van der Waals surface area contributed by atoms with Gasteiger partial charge in [-0.3, -0.25) is 28.7 Å². The molecule has 0 aliphatic carbocycles. The van der Waals surface area contributed by atoms with Gasteiger partial charge in [0, 0.05) is 60.6 Å². The van der Waals surface area contributed by atoms with E-state index in [1.54, 1.807) is 22.7 Å². The number of nitrogens with zero attached hydrogens (tertiary/aromatic N) is 8. The fourth-order valence-corrected chi connectivity index (χ4v) is 12.4. The van der Waals surface area contributed by atoms with Gasteiger partial charge in [-0.25, -0.2) is 0 Å². The number of thiophene rings is 2. The van der Waals surface area contributed by atoms with E-state index >= 15 is 0 Å². The van der Waals surface area contributed by atoms with Crippen LogP contribution in [0.25, 0.3) is 10.0 Å². The first-order chi connectivity index (χ1) is 42.2. The maximum absolute atomic E-state index is 13.3. The molecule has 6 heterocycles. The molecule has 2 aromatic carbocycles. The van der Waals surface area contributed by atoms with Crippen molar-refractivity contribution in [1.29, 1.82) is 0 Å². The van der Waals surface area contributed by atoms with Crippen molar-refractivity contribution >= 4 is 75.4 Å². The number of benzene rings is 2. The van der Waals surface area contributed by atoms with Gasteiger partial charge in [0.05, 0.1) is 137 Å². The normalized spacial score (nSPS) is 14.6. The average Bonchev–Trinajstić information content (AvgIpc) is 2.31. The molecule has 0 saturated carbocycles. The van der Waals surface area contributed by atoms with E-state index in [4.69, 9.17) is 75.8 Å². The summed E-state index contributed by atoms with van der Waals surface area (Å²) in [5.41, 5.74) is 7.16. The molecule has 87 heavy (non-hydrogen) atoms. The zero-order chi connectivity index (χ0) is 61.7. The quantitative estimate of drug-likeness (QED) is 0.0276. The van der Waals surface area contributed by atoms with Gasteiger partial charge in [-0.15, -0.1) is 43.1 Å². The molecule has 470 valence electrons. The van der Waals surface area contributed by atoms with Crippen molar-refractivity contribution in [3.05, 3.63) is 125 Å². The third-order valence-corrected chi connectivity index (χ3v) is 17.3. The minimum Gasteiger partial charge on any atom is -0.378 e. The van der Waals surface area contributed by atoms with Gasteiger partial charge in [0.25, 0.3) is 0 Å². The fraction of sp³-hybridized carbons (Fsp3) is 0.525. The van der Waals surface area contributed by atoms with E-state index in [1.165, 1.54) is 9.75 Å². The van der Waals surface area contributed by atoms with Crippen LogP contribution in [0.2, 0.25) is 10.0 Å². The number of halogens is 2. The van der Waals surface area contributed by atoms with Crippen LogP contribution in [-0.4, -0.2) is 191 Å². The molecule has 2 amide bonds. The van der Waals surface area contributed by atoms with Crippen LogP contribution in [0.15, 0.2) is 58.5 Å². The van der Waals surface area contributed by atoms with Crippen molar-refractivity contribution in [1.82, 2.24) is 40.2 Å². The molecule has 8 rings (SSSR count). The van der Waals surface area contributed by atoms with Crippen LogP contribution in [-0.2, 0) is 57.0 Å². The third-order valence-electron chi connectivity index (χ3n) is 14.4. The molecule has 2 aliphatic rings. The SMILES string of the molecule is Cc1sc2c(c1C)C(c1ccc(Cl)cc1)=N[C@@H](CC(=O)NCCOCCOCCOCCOCC(C)(COCC=O)COCCOCCOCCOCCNC(=O)C[C@@H]1N=C(c3ccc(Cl)cc3)c3c(sc(C)c3C)-n3c(C)nnc31)c1nnc(C)n1-2. The summed E-state index contributed by atoms with van der Waals surface area (Å²) in [5.74, 6) is 2.35. The van der Waals surface area contributed by atoms with E-state index in [9.17, 15) is 14.4 Å². The third kappa shape index (κ3) is 18.7. The zero-order valence-corrected chi connectivity index (χ0v) is 53.6. The number of fused-ring (bicyclic) bond motifs is 6. The van der Waals surface area contributed by atoms with Crippen LogP contribution in [0, 0.1) is 47.0 Å². The second kappa shape index (κ2) is 33.8. The Morgan fingerprint density at radius 3 is 1.23 bits per heavy atom. The Morgan fingerprint density at radius 2 is 0.862 bits per heavy atom. The maximum atomic E-state index is 13.3. The van der Waals surface area contributed by atoms with E-state index < -0.39 is 17.5 Å². The van der Waals surface area contributed by atoms with E-state index in [-0.39, 0.29) is 37.9 Å². The molecule has 22 nitrogen and oxygen atoms in total. The summed E-state index contributed by atoms with van der Waals surface area (Å²) in [4.78, 5) is 50.2. The Bertz CT molecular complexity index is 3070. The largest absolute Gasteiger partial charge is 0.378 e. The minimum absolute atomic E-state index is 0.0228. The fourth-order valence-electron chi connectivity index (χ4n) is 9.72. The molecule has 6 aromatic rings. The van der Waals surface area contributed by atoms with Crippen molar-refractivity contribution < 1.29 is 57.0 Å². The summed E-state index contributed by atoms with van der Waals surface area (Å²) in [7, 11) is 0. The van der Waals surface area contributed by atoms with Crippen LogP contribution in [0.4, 0.5) is 0 Å². The predicted octanol–water partition coefficient (Wildman–Crippen LogP) is 7.98. The minimum atomic E-state index is -0.561. The lowest BCUT2D eigenvalue weighted by atomic mass is 9.94.